The maximum absolute atomic E-state index is 12.6. The topological polar surface area (TPSA) is 46.5 Å². The van der Waals surface area contributed by atoms with E-state index >= 15 is 0 Å². The zero-order chi connectivity index (χ0) is 19.2. The summed E-state index contributed by atoms with van der Waals surface area (Å²) >= 11 is 0. The van der Waals surface area contributed by atoms with Gasteiger partial charge in [-0.3, -0.25) is 4.79 Å². The van der Waals surface area contributed by atoms with E-state index in [9.17, 15) is 9.90 Å². The van der Waals surface area contributed by atoms with Crippen LogP contribution in [0.3, 0.4) is 0 Å². The van der Waals surface area contributed by atoms with Crippen LogP contribution < -0.4 is 0 Å². The summed E-state index contributed by atoms with van der Waals surface area (Å²) in [4.78, 5) is 12.6. The molecule has 0 spiro atoms. The molecule has 0 saturated heterocycles. The lowest BCUT2D eigenvalue weighted by molar-refractivity contribution is -0.180. The second-order valence-electron chi connectivity index (χ2n) is 8.94. The van der Waals surface area contributed by atoms with Gasteiger partial charge in [0, 0.05) is 6.61 Å². The van der Waals surface area contributed by atoms with Crippen molar-refractivity contribution in [1.82, 2.24) is 0 Å². The van der Waals surface area contributed by atoms with Crippen LogP contribution in [0.25, 0.3) is 0 Å². The molecule has 3 unspecified atom stereocenters. The van der Waals surface area contributed by atoms with Crippen molar-refractivity contribution in [3.63, 3.8) is 0 Å². The van der Waals surface area contributed by atoms with E-state index in [1.165, 1.54) is 0 Å². The van der Waals surface area contributed by atoms with Crippen molar-refractivity contribution in [3.05, 3.63) is 0 Å². The molecule has 4 heteroatoms. The number of carbonyl (C=O) groups is 1. The van der Waals surface area contributed by atoms with Crippen LogP contribution >= 0.6 is 0 Å². The van der Waals surface area contributed by atoms with E-state index < -0.39 is 20.4 Å². The third-order valence-corrected chi connectivity index (χ3v) is 7.25. The van der Waals surface area contributed by atoms with Gasteiger partial charge in [-0.15, -0.1) is 0 Å². The van der Waals surface area contributed by atoms with Gasteiger partial charge in [-0.2, -0.15) is 0 Å². The zero-order valence-electron chi connectivity index (χ0n) is 17.7. The first-order valence-corrected chi connectivity index (χ1v) is 12.5. The minimum atomic E-state index is -1.02. The average molecular weight is 359 g/mol. The lowest BCUT2D eigenvalue weighted by Gasteiger charge is -2.56. The highest BCUT2D eigenvalue weighted by Crippen LogP contribution is 2.60. The molecule has 0 bridgehead atoms. The molecule has 1 N–H and O–H groups in total. The molecule has 0 aromatic heterocycles. The second kappa shape index (κ2) is 9.37. The summed E-state index contributed by atoms with van der Waals surface area (Å²) in [6.45, 7) is 20.2. The smallest absolute Gasteiger partial charge is 0.310 e. The lowest BCUT2D eigenvalue weighted by atomic mass is 9.46. The highest BCUT2D eigenvalue weighted by Gasteiger charge is 2.60. The minimum absolute atomic E-state index is 0.256. The summed E-state index contributed by atoms with van der Waals surface area (Å²) in [5.41, 5.74) is -1.27. The Kier molecular flexibility index (Phi) is 9.24. The van der Waals surface area contributed by atoms with Crippen molar-refractivity contribution in [2.75, 3.05) is 6.61 Å². The molecule has 0 rings (SSSR count). The van der Waals surface area contributed by atoms with E-state index in [-0.39, 0.29) is 10.8 Å². The molecule has 0 fully saturated rings. The van der Waals surface area contributed by atoms with Crippen molar-refractivity contribution < 1.29 is 14.3 Å². The monoisotopic (exact) mass is 358 g/mol. The summed E-state index contributed by atoms with van der Waals surface area (Å²) in [7, 11) is -1.02. The van der Waals surface area contributed by atoms with Crippen LogP contribution in [0.15, 0.2) is 0 Å². The summed E-state index contributed by atoms with van der Waals surface area (Å²) in [5, 5.41) is 10.4. The van der Waals surface area contributed by atoms with Crippen LogP contribution in [0, 0.1) is 22.2 Å². The predicted octanol–water partition coefficient (Wildman–Crippen LogP) is 5.74. The number of carboxylic acid groups (broad SMARTS) is 1. The maximum atomic E-state index is 12.6. The third kappa shape index (κ3) is 4.84. The van der Waals surface area contributed by atoms with E-state index in [1.54, 1.807) is 0 Å². The van der Waals surface area contributed by atoms with Gasteiger partial charge in [-0.25, -0.2) is 0 Å². The molecule has 24 heavy (non-hydrogen) atoms. The second-order valence-corrected chi connectivity index (χ2v) is 11.4. The van der Waals surface area contributed by atoms with Gasteiger partial charge in [0.2, 0.25) is 0 Å². The molecular weight excluding hydrogens is 316 g/mol. The number of aliphatic carboxylic acids is 1. The van der Waals surface area contributed by atoms with E-state index in [1.807, 2.05) is 0 Å². The Labute approximate surface area is 152 Å². The number of hydrogen-bond acceptors (Lipinski definition) is 2. The van der Waals surface area contributed by atoms with E-state index in [4.69, 9.17) is 4.43 Å². The van der Waals surface area contributed by atoms with Gasteiger partial charge in [0.05, 0.1) is 5.41 Å². The molecule has 0 aliphatic carbocycles. The Balaban J connectivity index is 5.84. The van der Waals surface area contributed by atoms with E-state index in [2.05, 4.69) is 61.6 Å². The van der Waals surface area contributed by atoms with Gasteiger partial charge in [0.1, 0.15) is 0 Å². The van der Waals surface area contributed by atoms with Crippen LogP contribution in [0.4, 0.5) is 0 Å². The number of unbranched alkanes of at least 4 members (excludes halogenated alkanes) is 1. The van der Waals surface area contributed by atoms with Crippen molar-refractivity contribution in [1.29, 1.82) is 0 Å². The standard InChI is InChI=1S/C20H42O3Si/c1-10-12-14-20(17(21)22,18(4,5)6)19(7,11-2)16(3)13-15-23-24(8)9/h16,24H,10-15H2,1-9H3,(H,21,22). The van der Waals surface area contributed by atoms with Crippen molar-refractivity contribution in [3.8, 4) is 0 Å². The average Bonchev–Trinajstić information content (AvgIpc) is 2.45. The fourth-order valence-corrected chi connectivity index (χ4v) is 5.11. The molecule has 0 aliphatic rings. The summed E-state index contributed by atoms with van der Waals surface area (Å²) < 4.78 is 5.88. The highest BCUT2D eigenvalue weighted by atomic mass is 28.3. The third-order valence-electron chi connectivity index (χ3n) is 6.35. The van der Waals surface area contributed by atoms with Gasteiger partial charge < -0.3 is 9.53 Å². The van der Waals surface area contributed by atoms with Gasteiger partial charge in [-0.1, -0.05) is 61.3 Å². The van der Waals surface area contributed by atoms with Crippen molar-refractivity contribution in [2.24, 2.45) is 22.2 Å². The van der Waals surface area contributed by atoms with E-state index in [0.717, 1.165) is 38.7 Å². The molecule has 0 aromatic rings. The zero-order valence-corrected chi connectivity index (χ0v) is 18.8. The Morgan fingerprint density at radius 1 is 1.17 bits per heavy atom. The largest absolute Gasteiger partial charge is 0.481 e. The van der Waals surface area contributed by atoms with Gasteiger partial charge in [-0.05, 0) is 49.1 Å². The first kappa shape index (κ1) is 23.6. The molecule has 0 saturated carbocycles. The predicted molar refractivity (Wildman–Crippen MR) is 106 cm³/mol. The fourth-order valence-electron chi connectivity index (χ4n) is 4.50. The SMILES string of the molecule is CCCCC(C(=O)O)(C(C)(C)C)C(C)(CC)C(C)CCO[SiH](C)C. The first-order valence-electron chi connectivity index (χ1n) is 9.75. The lowest BCUT2D eigenvalue weighted by Crippen LogP contribution is -2.57. The Morgan fingerprint density at radius 3 is 2.04 bits per heavy atom. The van der Waals surface area contributed by atoms with Crippen LogP contribution in [0.1, 0.15) is 80.6 Å². The molecule has 0 amide bonds. The first-order chi connectivity index (χ1) is 10.9. The van der Waals surface area contributed by atoms with Crippen molar-refractivity contribution in [2.45, 2.75) is 93.7 Å². The van der Waals surface area contributed by atoms with E-state index in [0.29, 0.717) is 5.92 Å². The maximum Gasteiger partial charge on any atom is 0.310 e. The number of rotatable bonds is 11. The van der Waals surface area contributed by atoms with Crippen LogP contribution in [0.2, 0.25) is 13.1 Å². The summed E-state index contributed by atoms with van der Waals surface area (Å²) in [6, 6.07) is 0. The van der Waals surface area contributed by atoms with Crippen LogP contribution in [-0.2, 0) is 9.22 Å². The summed E-state index contributed by atoms with van der Waals surface area (Å²) in [6.07, 6.45) is 4.55. The molecular formula is C20H42O3Si. The quantitative estimate of drug-likeness (QED) is 0.479. The van der Waals surface area contributed by atoms with Crippen molar-refractivity contribution >= 4 is 15.0 Å². The van der Waals surface area contributed by atoms with Crippen LogP contribution in [0.5, 0.6) is 0 Å². The molecule has 0 heterocycles. The molecule has 3 atom stereocenters. The van der Waals surface area contributed by atoms with Crippen LogP contribution in [-0.4, -0.2) is 26.7 Å². The number of hydrogen-bond donors (Lipinski definition) is 1. The normalized spacial score (nSPS) is 18.9. The molecule has 0 aliphatic heterocycles. The summed E-state index contributed by atoms with van der Waals surface area (Å²) in [5.74, 6) is -0.318. The van der Waals surface area contributed by atoms with Gasteiger partial charge in [0.25, 0.3) is 0 Å². The minimum Gasteiger partial charge on any atom is -0.481 e. The Hall–Kier alpha value is -0.353. The molecule has 3 nitrogen and oxygen atoms in total. The fraction of sp³-hybridized carbons (Fsp3) is 0.950. The van der Waals surface area contributed by atoms with Gasteiger partial charge in [0.15, 0.2) is 9.04 Å². The molecule has 144 valence electrons. The molecule has 0 aromatic carbocycles. The highest BCUT2D eigenvalue weighted by molar-refractivity contribution is 6.48. The Morgan fingerprint density at radius 2 is 1.71 bits per heavy atom. The number of carboxylic acids is 1. The molecule has 0 radical (unpaired) electrons. The van der Waals surface area contributed by atoms with Gasteiger partial charge >= 0.3 is 5.97 Å². The Bertz CT molecular complexity index is 389.